The van der Waals surface area contributed by atoms with Crippen LogP contribution < -0.4 is 44.1 Å². The first-order valence-corrected chi connectivity index (χ1v) is 6.87. The number of benzene rings is 2. The molecule has 24 heavy (non-hydrogen) atoms. The summed E-state index contributed by atoms with van der Waals surface area (Å²) in [4.78, 5) is 22.4. The largest absolute Gasteiger partial charge is 1.00 e. The molecule has 0 amide bonds. The van der Waals surface area contributed by atoms with Gasteiger partial charge in [0.1, 0.15) is 18.1 Å². The molecule has 6 heteroatoms. The molecule has 0 heterocycles. The van der Waals surface area contributed by atoms with Crippen LogP contribution in [-0.4, -0.2) is 25.5 Å². The van der Waals surface area contributed by atoms with E-state index in [1.807, 2.05) is 24.3 Å². The maximum Gasteiger partial charge on any atom is 1.00 e. The van der Waals surface area contributed by atoms with Crippen molar-refractivity contribution in [1.82, 2.24) is 0 Å². The Hall–Kier alpha value is -2.08. The molecule has 0 saturated heterocycles. The van der Waals surface area contributed by atoms with Gasteiger partial charge in [0.05, 0.1) is 13.1 Å². The van der Waals surface area contributed by atoms with Crippen molar-refractivity contribution in [3.63, 3.8) is 0 Å². The predicted molar refractivity (Wildman–Crippen MR) is 83.3 cm³/mol. The molecule has 0 N–H and O–H groups in total. The summed E-state index contributed by atoms with van der Waals surface area (Å²) in [6.07, 6.45) is 3.18. The molecule has 0 aliphatic carbocycles. The van der Waals surface area contributed by atoms with E-state index in [1.54, 1.807) is 25.3 Å². The summed E-state index contributed by atoms with van der Waals surface area (Å²) in [5, 5.41) is 10.3. The first-order valence-electron chi connectivity index (χ1n) is 6.87. The Labute approximate surface area is 162 Å². The minimum absolute atomic E-state index is 0. The normalized spacial score (nSPS) is 10.0. The smallest absolute Gasteiger partial charge is 0.546 e. The Morgan fingerprint density at radius 1 is 1.00 bits per heavy atom. The van der Waals surface area contributed by atoms with E-state index < -0.39 is 12.6 Å². The van der Waals surface area contributed by atoms with Gasteiger partial charge in [0.15, 0.2) is 5.78 Å². The van der Waals surface area contributed by atoms with Crippen molar-refractivity contribution in [2.24, 2.45) is 0 Å². The van der Waals surface area contributed by atoms with E-state index in [4.69, 9.17) is 9.47 Å². The Morgan fingerprint density at radius 3 is 2.12 bits per heavy atom. The number of hydrogen-bond acceptors (Lipinski definition) is 5. The molecule has 0 aromatic heterocycles. The standard InChI is InChI=1S/C18H16O5.Na/c1-22-15-7-2-13(3-8-15)4-11-17(19)14-5-9-16(10-6-14)23-12-18(20)21;/h2-11H,12H2,1H3,(H,20,21);/q;+1/p-1. The summed E-state index contributed by atoms with van der Waals surface area (Å²) in [6, 6.07) is 13.5. The van der Waals surface area contributed by atoms with E-state index >= 15 is 0 Å². The van der Waals surface area contributed by atoms with Crippen LogP contribution in [0.2, 0.25) is 0 Å². The molecule has 2 aromatic rings. The van der Waals surface area contributed by atoms with Crippen molar-refractivity contribution in [2.75, 3.05) is 13.7 Å². The second kappa shape index (κ2) is 9.93. The molecule has 0 aliphatic rings. The number of ketones is 1. The average molecular weight is 334 g/mol. The van der Waals surface area contributed by atoms with E-state index in [-0.39, 0.29) is 35.3 Å². The molecule has 0 aliphatic heterocycles. The number of methoxy groups -OCH3 is 1. The van der Waals surface area contributed by atoms with Crippen LogP contribution >= 0.6 is 0 Å². The van der Waals surface area contributed by atoms with Crippen LogP contribution in [0.5, 0.6) is 11.5 Å². The van der Waals surface area contributed by atoms with Crippen LogP contribution in [0, 0.1) is 0 Å². The first kappa shape index (κ1) is 20.0. The van der Waals surface area contributed by atoms with Gasteiger partial charge in [-0.05, 0) is 48.0 Å². The number of carboxylic acid groups (broad SMARTS) is 1. The summed E-state index contributed by atoms with van der Waals surface area (Å²) in [6.45, 7) is -0.523. The SMILES string of the molecule is COc1ccc(C=CC(=O)c2ccc(OCC(=O)[O-])cc2)cc1.[Na+]. The number of carbonyl (C=O) groups excluding carboxylic acids is 2. The molecule has 2 rings (SSSR count). The molecular weight excluding hydrogens is 319 g/mol. The van der Waals surface area contributed by atoms with E-state index in [1.165, 1.54) is 18.2 Å². The minimum Gasteiger partial charge on any atom is -0.546 e. The third kappa shape index (κ3) is 6.20. The Balaban J connectivity index is 0.00000288. The molecule has 0 radical (unpaired) electrons. The number of allylic oxidation sites excluding steroid dienone is 1. The van der Waals surface area contributed by atoms with Gasteiger partial charge in [-0.25, -0.2) is 0 Å². The summed E-state index contributed by atoms with van der Waals surface area (Å²) in [7, 11) is 1.59. The minimum atomic E-state index is -1.30. The van der Waals surface area contributed by atoms with Gasteiger partial charge in [0.25, 0.3) is 0 Å². The third-order valence-electron chi connectivity index (χ3n) is 3.04. The predicted octanol–water partition coefficient (Wildman–Crippen LogP) is -1.28. The number of rotatable bonds is 7. The molecule has 0 atom stereocenters. The zero-order valence-corrected chi connectivity index (χ0v) is 15.5. The Bertz CT molecular complexity index is 705. The summed E-state index contributed by atoms with van der Waals surface area (Å²) >= 11 is 0. The molecule has 118 valence electrons. The number of aliphatic carboxylic acids is 1. The monoisotopic (exact) mass is 334 g/mol. The fourth-order valence-electron chi connectivity index (χ4n) is 1.84. The molecule has 5 nitrogen and oxygen atoms in total. The summed E-state index contributed by atoms with van der Waals surface area (Å²) < 4.78 is 10.0. The number of hydrogen-bond donors (Lipinski definition) is 0. The van der Waals surface area contributed by atoms with E-state index in [0.717, 1.165) is 11.3 Å². The number of carbonyl (C=O) groups is 2. The quantitative estimate of drug-likeness (QED) is 0.358. The van der Waals surface area contributed by atoms with Crippen LogP contribution in [0.25, 0.3) is 6.08 Å². The molecule has 0 fully saturated rings. The fraction of sp³-hybridized carbons (Fsp3) is 0.111. The van der Waals surface area contributed by atoms with Crippen molar-refractivity contribution in [3.05, 3.63) is 65.7 Å². The van der Waals surface area contributed by atoms with E-state index in [2.05, 4.69) is 0 Å². The Morgan fingerprint density at radius 2 is 1.58 bits per heavy atom. The molecule has 2 aromatic carbocycles. The van der Waals surface area contributed by atoms with Gasteiger partial charge in [0.2, 0.25) is 0 Å². The summed E-state index contributed by atoms with van der Waals surface area (Å²) in [5.41, 5.74) is 1.36. The van der Waals surface area contributed by atoms with Crippen LogP contribution in [-0.2, 0) is 4.79 Å². The molecule has 0 saturated carbocycles. The second-order valence-corrected chi connectivity index (χ2v) is 4.66. The van der Waals surface area contributed by atoms with Gasteiger partial charge >= 0.3 is 29.6 Å². The van der Waals surface area contributed by atoms with Gasteiger partial charge in [-0.15, -0.1) is 0 Å². The second-order valence-electron chi connectivity index (χ2n) is 4.66. The van der Waals surface area contributed by atoms with Gasteiger partial charge in [-0.2, -0.15) is 0 Å². The van der Waals surface area contributed by atoms with Gasteiger partial charge in [-0.3, -0.25) is 4.79 Å². The van der Waals surface area contributed by atoms with E-state index in [9.17, 15) is 14.7 Å². The summed E-state index contributed by atoms with van der Waals surface area (Å²) in [5.74, 6) is -0.342. The van der Waals surface area contributed by atoms with Crippen LogP contribution in [0.15, 0.2) is 54.6 Å². The van der Waals surface area contributed by atoms with Crippen LogP contribution in [0.1, 0.15) is 15.9 Å². The van der Waals surface area contributed by atoms with Gasteiger partial charge in [0, 0.05) is 5.56 Å². The molecule has 0 unspecified atom stereocenters. The molecule has 0 bridgehead atoms. The van der Waals surface area contributed by atoms with Crippen LogP contribution in [0.4, 0.5) is 0 Å². The van der Waals surface area contributed by atoms with Crippen molar-refractivity contribution < 1.29 is 53.7 Å². The average Bonchev–Trinajstić information content (AvgIpc) is 2.58. The van der Waals surface area contributed by atoms with Crippen molar-refractivity contribution in [1.29, 1.82) is 0 Å². The Kier molecular flexibility index (Phi) is 8.26. The first-order chi connectivity index (χ1) is 11.1. The fourth-order valence-corrected chi connectivity index (χ4v) is 1.84. The van der Waals surface area contributed by atoms with Crippen molar-refractivity contribution >= 4 is 17.8 Å². The third-order valence-corrected chi connectivity index (χ3v) is 3.04. The van der Waals surface area contributed by atoms with Crippen molar-refractivity contribution in [3.8, 4) is 11.5 Å². The van der Waals surface area contributed by atoms with E-state index in [0.29, 0.717) is 11.3 Å². The number of ether oxygens (including phenoxy) is 2. The molecular formula is C18H15NaO5. The topological polar surface area (TPSA) is 75.7 Å². The van der Waals surface area contributed by atoms with Gasteiger partial charge in [-0.1, -0.05) is 18.2 Å². The zero-order chi connectivity index (χ0) is 16.7. The number of carboxylic acids is 1. The van der Waals surface area contributed by atoms with Crippen LogP contribution in [0.3, 0.4) is 0 Å². The van der Waals surface area contributed by atoms with Crippen molar-refractivity contribution in [2.45, 2.75) is 0 Å². The zero-order valence-electron chi connectivity index (χ0n) is 13.5. The van der Waals surface area contributed by atoms with Gasteiger partial charge < -0.3 is 19.4 Å². The maximum absolute atomic E-state index is 12.1. The maximum atomic E-state index is 12.1. The molecule has 0 spiro atoms.